The molecule has 1 N–H and O–H groups in total. The van der Waals surface area contributed by atoms with Gasteiger partial charge in [-0.3, -0.25) is 0 Å². The van der Waals surface area contributed by atoms with Gasteiger partial charge in [0, 0.05) is 0 Å². The minimum Gasteiger partial charge on any atom is -0.391 e. The van der Waals surface area contributed by atoms with E-state index in [0.717, 1.165) is 5.56 Å². The number of benzene rings is 1. The summed E-state index contributed by atoms with van der Waals surface area (Å²) in [6.45, 7) is 3.10. The lowest BCUT2D eigenvalue weighted by Gasteiger charge is -2.20. The Hall–Kier alpha value is -0.940. The summed E-state index contributed by atoms with van der Waals surface area (Å²) in [6.07, 6.45) is -0.101. The molecule has 4 heteroatoms. The number of hydrogen-bond acceptors (Lipinski definition) is 4. The summed E-state index contributed by atoms with van der Waals surface area (Å²) < 4.78 is 16.4. The van der Waals surface area contributed by atoms with Gasteiger partial charge in [0.15, 0.2) is 5.79 Å². The number of hydrogen-bond donors (Lipinski definition) is 1. The van der Waals surface area contributed by atoms with Crippen LogP contribution in [0.4, 0.5) is 0 Å². The zero-order valence-electron chi connectivity index (χ0n) is 9.96. The number of ether oxygens (including phenoxy) is 3. The van der Waals surface area contributed by atoms with Gasteiger partial charge >= 0.3 is 0 Å². The summed E-state index contributed by atoms with van der Waals surface area (Å²) in [5.74, 6) is -0.860. The first-order chi connectivity index (χ1) is 8.22. The third kappa shape index (κ3) is 3.51. The van der Waals surface area contributed by atoms with Crippen LogP contribution < -0.4 is 0 Å². The Labute approximate surface area is 101 Å². The maximum atomic E-state index is 9.06. The van der Waals surface area contributed by atoms with E-state index in [1.165, 1.54) is 0 Å². The SMILES string of the molecule is C[C@@]1(CO)OCC(COCc2ccccc2)O1. The van der Waals surface area contributed by atoms with Crippen molar-refractivity contribution in [3.05, 3.63) is 35.9 Å². The maximum Gasteiger partial charge on any atom is 0.189 e. The molecule has 94 valence electrons. The molecule has 0 amide bonds. The highest BCUT2D eigenvalue weighted by atomic mass is 16.8. The van der Waals surface area contributed by atoms with E-state index in [0.29, 0.717) is 19.8 Å². The Morgan fingerprint density at radius 1 is 1.41 bits per heavy atom. The molecule has 1 aliphatic heterocycles. The molecule has 1 heterocycles. The van der Waals surface area contributed by atoms with E-state index < -0.39 is 5.79 Å². The minimum atomic E-state index is -0.860. The molecule has 1 aliphatic rings. The van der Waals surface area contributed by atoms with E-state index in [2.05, 4.69) is 0 Å². The molecule has 1 unspecified atom stereocenters. The zero-order valence-corrected chi connectivity index (χ0v) is 9.96. The molecular formula is C13H18O4. The average Bonchev–Trinajstić information content (AvgIpc) is 2.74. The number of aliphatic hydroxyl groups excluding tert-OH is 1. The molecule has 1 aromatic rings. The van der Waals surface area contributed by atoms with Crippen molar-refractivity contribution in [2.45, 2.75) is 25.4 Å². The third-order valence-corrected chi connectivity index (χ3v) is 2.69. The van der Waals surface area contributed by atoms with E-state index in [1.54, 1.807) is 6.92 Å². The van der Waals surface area contributed by atoms with Crippen LogP contribution in [0, 0.1) is 0 Å². The Balaban J connectivity index is 1.70. The fraction of sp³-hybridized carbons (Fsp3) is 0.538. The van der Waals surface area contributed by atoms with Crippen LogP contribution in [0.25, 0.3) is 0 Å². The van der Waals surface area contributed by atoms with Crippen LogP contribution in [0.1, 0.15) is 12.5 Å². The van der Waals surface area contributed by atoms with E-state index >= 15 is 0 Å². The fourth-order valence-electron chi connectivity index (χ4n) is 1.74. The smallest absolute Gasteiger partial charge is 0.189 e. The normalized spacial score (nSPS) is 28.5. The van der Waals surface area contributed by atoms with Crippen LogP contribution in [-0.2, 0) is 20.8 Å². The second-order valence-corrected chi connectivity index (χ2v) is 4.34. The zero-order chi connectivity index (χ0) is 12.1. The molecule has 0 spiro atoms. The second-order valence-electron chi connectivity index (χ2n) is 4.34. The van der Waals surface area contributed by atoms with Crippen LogP contribution >= 0.6 is 0 Å². The van der Waals surface area contributed by atoms with E-state index in [-0.39, 0.29) is 12.7 Å². The number of aliphatic hydroxyl groups is 1. The van der Waals surface area contributed by atoms with Gasteiger partial charge in [-0.1, -0.05) is 30.3 Å². The Bertz CT molecular complexity index is 341. The summed E-state index contributed by atoms with van der Waals surface area (Å²) in [6, 6.07) is 9.98. The molecular weight excluding hydrogens is 220 g/mol. The van der Waals surface area contributed by atoms with Gasteiger partial charge < -0.3 is 19.3 Å². The Morgan fingerprint density at radius 2 is 2.18 bits per heavy atom. The maximum absolute atomic E-state index is 9.06. The molecule has 2 atom stereocenters. The van der Waals surface area contributed by atoms with Crippen molar-refractivity contribution in [2.24, 2.45) is 0 Å². The first-order valence-electron chi connectivity index (χ1n) is 5.76. The molecule has 1 fully saturated rings. The fourth-order valence-corrected chi connectivity index (χ4v) is 1.74. The van der Waals surface area contributed by atoms with Crippen molar-refractivity contribution in [3.8, 4) is 0 Å². The molecule has 0 aromatic heterocycles. The predicted octanol–water partition coefficient (Wildman–Crippen LogP) is 1.33. The van der Waals surface area contributed by atoms with Crippen molar-refractivity contribution in [3.63, 3.8) is 0 Å². The molecule has 1 aromatic carbocycles. The Morgan fingerprint density at radius 3 is 2.82 bits per heavy atom. The van der Waals surface area contributed by atoms with E-state index in [1.807, 2.05) is 30.3 Å². The average molecular weight is 238 g/mol. The monoisotopic (exact) mass is 238 g/mol. The van der Waals surface area contributed by atoms with Gasteiger partial charge in [-0.25, -0.2) is 0 Å². The summed E-state index contributed by atoms with van der Waals surface area (Å²) in [4.78, 5) is 0. The van der Waals surface area contributed by atoms with E-state index in [4.69, 9.17) is 19.3 Å². The van der Waals surface area contributed by atoms with Gasteiger partial charge in [0.1, 0.15) is 6.10 Å². The van der Waals surface area contributed by atoms with Crippen molar-refractivity contribution in [2.75, 3.05) is 19.8 Å². The summed E-state index contributed by atoms with van der Waals surface area (Å²) in [5.41, 5.74) is 1.14. The van der Waals surface area contributed by atoms with Gasteiger partial charge in [-0.15, -0.1) is 0 Å². The van der Waals surface area contributed by atoms with Gasteiger partial charge in [0.05, 0.1) is 26.4 Å². The topological polar surface area (TPSA) is 47.9 Å². The largest absolute Gasteiger partial charge is 0.391 e. The molecule has 0 bridgehead atoms. The van der Waals surface area contributed by atoms with Crippen molar-refractivity contribution in [1.29, 1.82) is 0 Å². The highest BCUT2D eigenvalue weighted by molar-refractivity contribution is 5.13. The van der Waals surface area contributed by atoms with Crippen LogP contribution in [0.5, 0.6) is 0 Å². The van der Waals surface area contributed by atoms with Crippen LogP contribution in [0.3, 0.4) is 0 Å². The predicted molar refractivity (Wildman–Crippen MR) is 62.4 cm³/mol. The van der Waals surface area contributed by atoms with Gasteiger partial charge in [-0.2, -0.15) is 0 Å². The molecule has 1 saturated heterocycles. The van der Waals surface area contributed by atoms with Gasteiger partial charge in [-0.05, 0) is 12.5 Å². The third-order valence-electron chi connectivity index (χ3n) is 2.69. The Kier molecular flexibility index (Phi) is 4.12. The summed E-state index contributed by atoms with van der Waals surface area (Å²) in [7, 11) is 0. The first kappa shape index (κ1) is 12.5. The molecule has 17 heavy (non-hydrogen) atoms. The molecule has 0 saturated carbocycles. The highest BCUT2D eigenvalue weighted by Gasteiger charge is 2.36. The number of rotatable bonds is 5. The van der Waals surface area contributed by atoms with Crippen LogP contribution in [0.2, 0.25) is 0 Å². The quantitative estimate of drug-likeness (QED) is 0.840. The lowest BCUT2D eigenvalue weighted by atomic mass is 10.2. The van der Waals surface area contributed by atoms with Crippen molar-refractivity contribution in [1.82, 2.24) is 0 Å². The van der Waals surface area contributed by atoms with E-state index in [9.17, 15) is 0 Å². The molecule has 2 rings (SSSR count). The lowest BCUT2D eigenvalue weighted by Crippen LogP contribution is -2.31. The standard InChI is InChI=1S/C13H18O4/c1-13(10-14)16-9-12(17-13)8-15-7-11-5-3-2-4-6-11/h2-6,12,14H,7-10H2,1H3/t12?,13-/m1/s1. The molecule has 0 aliphatic carbocycles. The van der Waals surface area contributed by atoms with Crippen molar-refractivity contribution >= 4 is 0 Å². The molecule has 4 nitrogen and oxygen atoms in total. The van der Waals surface area contributed by atoms with Crippen molar-refractivity contribution < 1.29 is 19.3 Å². The van der Waals surface area contributed by atoms with Gasteiger partial charge in [0.2, 0.25) is 0 Å². The lowest BCUT2D eigenvalue weighted by molar-refractivity contribution is -0.183. The van der Waals surface area contributed by atoms with Gasteiger partial charge in [0.25, 0.3) is 0 Å². The highest BCUT2D eigenvalue weighted by Crippen LogP contribution is 2.22. The minimum absolute atomic E-state index is 0.101. The summed E-state index contributed by atoms with van der Waals surface area (Å²) in [5, 5.41) is 9.06. The first-order valence-corrected chi connectivity index (χ1v) is 5.76. The van der Waals surface area contributed by atoms with Crippen LogP contribution in [-0.4, -0.2) is 36.8 Å². The summed E-state index contributed by atoms with van der Waals surface area (Å²) >= 11 is 0. The molecule has 0 radical (unpaired) electrons. The van der Waals surface area contributed by atoms with Crippen LogP contribution in [0.15, 0.2) is 30.3 Å². The second kappa shape index (κ2) is 5.60.